The molecule has 2 bridgehead atoms. The molecule has 3 aliphatic rings. The summed E-state index contributed by atoms with van der Waals surface area (Å²) in [6, 6.07) is 8.02. The minimum absolute atomic E-state index is 0. The molecule has 3 aliphatic heterocycles. The van der Waals surface area contributed by atoms with E-state index in [-0.39, 0.29) is 24.4 Å². The number of rotatable bonds is 2. The quantitative estimate of drug-likeness (QED) is 0.889. The van der Waals surface area contributed by atoms with Crippen LogP contribution in [0.3, 0.4) is 0 Å². The van der Waals surface area contributed by atoms with E-state index in [2.05, 4.69) is 20.4 Å². The van der Waals surface area contributed by atoms with Gasteiger partial charge in [-0.3, -0.25) is 9.89 Å². The van der Waals surface area contributed by atoms with E-state index in [0.717, 1.165) is 17.4 Å². The van der Waals surface area contributed by atoms with Gasteiger partial charge in [0.05, 0.1) is 5.52 Å². The maximum Gasteiger partial charge on any atom is 0.272 e. The third kappa shape index (κ3) is 2.51. The second-order valence-electron chi connectivity index (χ2n) is 5.84. The summed E-state index contributed by atoms with van der Waals surface area (Å²) in [4.78, 5) is 14.9. The van der Waals surface area contributed by atoms with Gasteiger partial charge in [-0.2, -0.15) is 5.10 Å². The Morgan fingerprint density at radius 1 is 1.29 bits per heavy atom. The highest BCUT2D eigenvalue weighted by Crippen LogP contribution is 2.27. The Labute approximate surface area is 129 Å². The van der Waals surface area contributed by atoms with Crippen molar-refractivity contribution in [2.45, 2.75) is 18.9 Å². The van der Waals surface area contributed by atoms with Crippen molar-refractivity contribution in [3.63, 3.8) is 0 Å². The monoisotopic (exact) mass is 306 g/mol. The molecule has 3 saturated heterocycles. The van der Waals surface area contributed by atoms with Gasteiger partial charge in [0.2, 0.25) is 0 Å². The number of hydrogen-bond acceptors (Lipinski definition) is 3. The van der Waals surface area contributed by atoms with Crippen molar-refractivity contribution in [2.75, 3.05) is 19.6 Å². The van der Waals surface area contributed by atoms with E-state index >= 15 is 0 Å². The van der Waals surface area contributed by atoms with E-state index in [1.165, 1.54) is 25.9 Å². The molecule has 0 unspecified atom stereocenters. The number of aromatic nitrogens is 2. The topological polar surface area (TPSA) is 61.0 Å². The van der Waals surface area contributed by atoms with Crippen molar-refractivity contribution in [1.82, 2.24) is 20.4 Å². The Kier molecular flexibility index (Phi) is 3.87. The number of fused-ring (bicyclic) bond motifs is 4. The Balaban J connectivity index is 0.00000132. The third-order valence-electron chi connectivity index (χ3n) is 4.66. The molecule has 0 saturated carbocycles. The molecule has 112 valence electrons. The van der Waals surface area contributed by atoms with Crippen LogP contribution in [0, 0.1) is 5.92 Å². The van der Waals surface area contributed by atoms with Crippen LogP contribution in [0.4, 0.5) is 0 Å². The fourth-order valence-electron chi connectivity index (χ4n) is 3.50. The van der Waals surface area contributed by atoms with Gasteiger partial charge in [-0.15, -0.1) is 12.4 Å². The van der Waals surface area contributed by atoms with Gasteiger partial charge in [0.25, 0.3) is 5.91 Å². The lowest BCUT2D eigenvalue weighted by atomic mass is 9.84. The average molecular weight is 307 g/mol. The van der Waals surface area contributed by atoms with Gasteiger partial charge in [0, 0.05) is 18.0 Å². The first-order valence-electron chi connectivity index (χ1n) is 7.27. The molecule has 2 N–H and O–H groups in total. The number of para-hydroxylation sites is 1. The summed E-state index contributed by atoms with van der Waals surface area (Å²) in [6.07, 6.45) is 2.40. The Morgan fingerprint density at radius 3 is 2.76 bits per heavy atom. The average Bonchev–Trinajstić information content (AvgIpc) is 2.92. The van der Waals surface area contributed by atoms with Crippen molar-refractivity contribution in [3.05, 3.63) is 30.0 Å². The highest BCUT2D eigenvalue weighted by atomic mass is 35.5. The number of amides is 1. The van der Waals surface area contributed by atoms with E-state index < -0.39 is 0 Å². The zero-order chi connectivity index (χ0) is 13.5. The Hall–Kier alpha value is -1.59. The molecule has 0 spiro atoms. The van der Waals surface area contributed by atoms with Crippen LogP contribution >= 0.6 is 12.4 Å². The lowest BCUT2D eigenvalue weighted by Crippen LogP contribution is -2.57. The van der Waals surface area contributed by atoms with Gasteiger partial charge in [-0.05, 0) is 37.9 Å². The number of hydrogen-bond donors (Lipinski definition) is 2. The first kappa shape index (κ1) is 14.4. The molecule has 0 aliphatic carbocycles. The van der Waals surface area contributed by atoms with Crippen molar-refractivity contribution in [1.29, 1.82) is 0 Å². The molecule has 1 amide bonds. The number of carbonyl (C=O) groups is 1. The number of nitrogens with one attached hydrogen (secondary N) is 2. The predicted octanol–water partition coefficient (Wildman–Crippen LogP) is 1.81. The maximum atomic E-state index is 12.5. The van der Waals surface area contributed by atoms with Gasteiger partial charge in [-0.25, -0.2) is 0 Å². The van der Waals surface area contributed by atoms with Crippen LogP contribution in [0.15, 0.2) is 24.3 Å². The van der Waals surface area contributed by atoms with E-state index in [4.69, 9.17) is 0 Å². The summed E-state index contributed by atoms with van der Waals surface area (Å²) >= 11 is 0. The lowest BCUT2D eigenvalue weighted by molar-refractivity contribution is 0.0618. The number of benzene rings is 1. The Bertz CT molecular complexity index is 648. The van der Waals surface area contributed by atoms with E-state index in [0.29, 0.717) is 11.6 Å². The number of H-pyrrole nitrogens is 1. The summed E-state index contributed by atoms with van der Waals surface area (Å²) in [7, 11) is 0. The fourth-order valence-corrected chi connectivity index (χ4v) is 3.50. The molecule has 6 heteroatoms. The van der Waals surface area contributed by atoms with Crippen LogP contribution < -0.4 is 5.32 Å². The molecular weight excluding hydrogens is 288 g/mol. The van der Waals surface area contributed by atoms with Crippen LogP contribution in [0.25, 0.3) is 10.9 Å². The molecule has 5 rings (SSSR count). The van der Waals surface area contributed by atoms with Crippen LogP contribution in [0.1, 0.15) is 23.3 Å². The Morgan fingerprint density at radius 2 is 2.05 bits per heavy atom. The highest BCUT2D eigenvalue weighted by molar-refractivity contribution is 6.04. The summed E-state index contributed by atoms with van der Waals surface area (Å²) < 4.78 is 0. The van der Waals surface area contributed by atoms with Gasteiger partial charge in [-0.1, -0.05) is 18.2 Å². The number of nitrogens with zero attached hydrogens (tertiary/aromatic N) is 2. The zero-order valence-corrected chi connectivity index (χ0v) is 12.5. The van der Waals surface area contributed by atoms with Gasteiger partial charge in [0.1, 0.15) is 0 Å². The van der Waals surface area contributed by atoms with Crippen molar-refractivity contribution in [2.24, 2.45) is 5.92 Å². The van der Waals surface area contributed by atoms with Crippen LogP contribution in [-0.2, 0) is 0 Å². The number of piperidine rings is 3. The second kappa shape index (κ2) is 5.66. The van der Waals surface area contributed by atoms with Crippen molar-refractivity contribution >= 4 is 29.2 Å². The van der Waals surface area contributed by atoms with Crippen molar-refractivity contribution < 1.29 is 4.79 Å². The van der Waals surface area contributed by atoms with E-state index in [1.807, 2.05) is 24.3 Å². The first-order valence-corrected chi connectivity index (χ1v) is 7.27. The molecule has 1 aromatic heterocycles. The van der Waals surface area contributed by atoms with Crippen molar-refractivity contribution in [3.8, 4) is 0 Å². The largest absolute Gasteiger partial charge is 0.346 e. The van der Waals surface area contributed by atoms with Gasteiger partial charge in [0.15, 0.2) is 5.69 Å². The second-order valence-corrected chi connectivity index (χ2v) is 5.84. The molecule has 3 fully saturated rings. The van der Waals surface area contributed by atoms with Crippen LogP contribution in [-0.4, -0.2) is 46.7 Å². The van der Waals surface area contributed by atoms with E-state index in [9.17, 15) is 4.79 Å². The number of halogens is 1. The summed E-state index contributed by atoms with van der Waals surface area (Å²) in [5.41, 5.74) is 1.42. The summed E-state index contributed by atoms with van der Waals surface area (Å²) in [5.74, 6) is 0.579. The molecule has 0 radical (unpaired) electrons. The summed E-state index contributed by atoms with van der Waals surface area (Å²) in [6.45, 7) is 3.35. The maximum absolute atomic E-state index is 12.5. The van der Waals surface area contributed by atoms with E-state index in [1.54, 1.807) is 0 Å². The molecular formula is C15H19ClN4O. The van der Waals surface area contributed by atoms with Gasteiger partial charge >= 0.3 is 0 Å². The molecule has 4 heterocycles. The molecule has 1 atom stereocenters. The molecule has 21 heavy (non-hydrogen) atoms. The minimum atomic E-state index is -0.0544. The molecule has 1 aromatic carbocycles. The third-order valence-corrected chi connectivity index (χ3v) is 4.66. The first-order chi connectivity index (χ1) is 9.81. The summed E-state index contributed by atoms with van der Waals surface area (Å²) in [5, 5.41) is 11.2. The number of aromatic amines is 1. The highest BCUT2D eigenvalue weighted by Gasteiger charge is 2.35. The standard InChI is InChI=1S/C15H18N4O.ClH/c20-15(14-11-3-1-2-4-12(11)17-18-14)16-13-9-19-7-5-10(13)6-8-19;/h1-4,10,13H,5-9H2,(H,16,20)(H,17,18);1H/t13-;/m1./s1. The lowest BCUT2D eigenvalue weighted by Gasteiger charge is -2.44. The smallest absolute Gasteiger partial charge is 0.272 e. The minimum Gasteiger partial charge on any atom is -0.346 e. The fraction of sp³-hybridized carbons (Fsp3) is 0.467. The SMILES string of the molecule is Cl.O=C(N[C@@H]1CN2CCC1CC2)c1n[nH]c2ccccc12. The molecule has 2 aromatic rings. The number of carbonyl (C=O) groups excluding carboxylic acids is 1. The molecule has 5 nitrogen and oxygen atoms in total. The van der Waals surface area contributed by atoms with Crippen LogP contribution in [0.2, 0.25) is 0 Å². The zero-order valence-electron chi connectivity index (χ0n) is 11.7. The van der Waals surface area contributed by atoms with Gasteiger partial charge < -0.3 is 10.2 Å². The normalized spacial score (nSPS) is 27.3. The predicted molar refractivity (Wildman–Crippen MR) is 83.8 cm³/mol. The van der Waals surface area contributed by atoms with Crippen LogP contribution in [0.5, 0.6) is 0 Å².